The number of aryl methyl sites for hydroxylation is 3. The summed E-state index contributed by atoms with van der Waals surface area (Å²) in [6.07, 6.45) is 3.10. The monoisotopic (exact) mass is 305 g/mol. The minimum atomic E-state index is 0.709. The first-order valence-electron chi connectivity index (χ1n) is 7.77. The summed E-state index contributed by atoms with van der Waals surface area (Å²) in [5, 5.41) is 8.89. The van der Waals surface area contributed by atoms with E-state index in [0.717, 1.165) is 42.2 Å². The molecule has 0 aliphatic carbocycles. The van der Waals surface area contributed by atoms with Gasteiger partial charge < -0.3 is 5.32 Å². The smallest absolute Gasteiger partial charge is 0.0868 e. The van der Waals surface area contributed by atoms with E-state index in [2.05, 4.69) is 55.5 Å². The molecule has 2 rings (SSSR count). The van der Waals surface area contributed by atoms with E-state index in [0.29, 0.717) is 6.54 Å². The number of anilines is 1. The fourth-order valence-corrected chi connectivity index (χ4v) is 2.88. The van der Waals surface area contributed by atoms with Crippen LogP contribution in [0.1, 0.15) is 44.1 Å². The van der Waals surface area contributed by atoms with Gasteiger partial charge >= 0.3 is 0 Å². The first-order chi connectivity index (χ1) is 10.2. The molecule has 114 valence electrons. The average Bonchev–Trinajstić information content (AvgIpc) is 2.82. The molecule has 3 nitrogen and oxygen atoms in total. The van der Waals surface area contributed by atoms with Crippen LogP contribution in [0, 0.1) is 0 Å². The lowest BCUT2D eigenvalue weighted by Gasteiger charge is -2.12. The number of hydrogen-bond acceptors (Lipinski definition) is 2. The molecule has 0 bridgehead atoms. The van der Waals surface area contributed by atoms with Crippen molar-refractivity contribution >= 4 is 17.3 Å². The van der Waals surface area contributed by atoms with Gasteiger partial charge in [-0.3, -0.25) is 4.68 Å². The van der Waals surface area contributed by atoms with E-state index in [4.69, 9.17) is 11.6 Å². The van der Waals surface area contributed by atoms with Crippen molar-refractivity contribution in [3.05, 3.63) is 46.2 Å². The van der Waals surface area contributed by atoms with Crippen LogP contribution in [0.5, 0.6) is 0 Å². The van der Waals surface area contributed by atoms with Crippen LogP contribution >= 0.6 is 11.6 Å². The number of para-hydroxylation sites is 1. The van der Waals surface area contributed by atoms with Crippen molar-refractivity contribution in [3.63, 3.8) is 0 Å². The summed E-state index contributed by atoms with van der Waals surface area (Å²) in [7, 11) is 0. The van der Waals surface area contributed by atoms with E-state index in [1.165, 1.54) is 11.3 Å². The normalized spacial score (nSPS) is 10.9. The van der Waals surface area contributed by atoms with Gasteiger partial charge in [0.05, 0.1) is 23.0 Å². The SMILES string of the molecule is CCCc1ccccc1NCc1c(Cl)c(CC)nn1CC. The van der Waals surface area contributed by atoms with E-state index in [-0.39, 0.29) is 0 Å². The molecule has 0 spiro atoms. The number of hydrogen-bond donors (Lipinski definition) is 1. The molecule has 2 aromatic rings. The van der Waals surface area contributed by atoms with Gasteiger partial charge in [-0.2, -0.15) is 5.10 Å². The number of nitrogens with zero attached hydrogens (tertiary/aromatic N) is 2. The lowest BCUT2D eigenvalue weighted by atomic mass is 10.1. The Kier molecular flexibility index (Phi) is 5.68. The predicted octanol–water partition coefficient (Wildman–Crippen LogP) is 4.68. The Morgan fingerprint density at radius 1 is 1.19 bits per heavy atom. The van der Waals surface area contributed by atoms with Gasteiger partial charge in [0.15, 0.2) is 0 Å². The molecule has 0 aliphatic rings. The standard InChI is InChI=1S/C17H24ClN3/c1-4-9-13-10-7-8-11-15(13)19-12-16-17(18)14(5-2)20-21(16)6-3/h7-8,10-11,19H,4-6,9,12H2,1-3H3. The highest BCUT2D eigenvalue weighted by molar-refractivity contribution is 6.31. The molecule has 0 amide bonds. The number of benzene rings is 1. The maximum atomic E-state index is 6.45. The number of halogens is 1. The number of aromatic nitrogens is 2. The van der Waals surface area contributed by atoms with Crippen LogP contribution in [0.2, 0.25) is 5.02 Å². The molecule has 0 unspecified atom stereocenters. The minimum Gasteiger partial charge on any atom is -0.379 e. The Labute approximate surface area is 132 Å². The van der Waals surface area contributed by atoms with E-state index < -0.39 is 0 Å². The Morgan fingerprint density at radius 3 is 2.62 bits per heavy atom. The molecule has 0 atom stereocenters. The molecule has 0 radical (unpaired) electrons. The molecular formula is C17H24ClN3. The Hall–Kier alpha value is -1.48. The van der Waals surface area contributed by atoms with Gasteiger partial charge in [-0.05, 0) is 31.4 Å². The van der Waals surface area contributed by atoms with Crippen LogP contribution in [-0.2, 0) is 25.9 Å². The highest BCUT2D eigenvalue weighted by Crippen LogP contribution is 2.24. The van der Waals surface area contributed by atoms with Gasteiger partial charge in [-0.1, -0.05) is 50.1 Å². The van der Waals surface area contributed by atoms with Gasteiger partial charge in [-0.15, -0.1) is 0 Å². The van der Waals surface area contributed by atoms with Crippen molar-refractivity contribution in [3.8, 4) is 0 Å². The van der Waals surface area contributed by atoms with Crippen molar-refractivity contribution in [2.75, 3.05) is 5.32 Å². The van der Waals surface area contributed by atoms with Gasteiger partial charge in [0.2, 0.25) is 0 Å². The fraction of sp³-hybridized carbons (Fsp3) is 0.471. The zero-order chi connectivity index (χ0) is 15.2. The molecule has 0 saturated heterocycles. The summed E-state index contributed by atoms with van der Waals surface area (Å²) in [4.78, 5) is 0. The molecular weight excluding hydrogens is 282 g/mol. The van der Waals surface area contributed by atoms with Gasteiger partial charge in [-0.25, -0.2) is 0 Å². The molecule has 4 heteroatoms. The van der Waals surface area contributed by atoms with Crippen LogP contribution < -0.4 is 5.32 Å². The maximum absolute atomic E-state index is 6.45. The van der Waals surface area contributed by atoms with Crippen LogP contribution in [0.4, 0.5) is 5.69 Å². The summed E-state index contributed by atoms with van der Waals surface area (Å²) in [6, 6.07) is 8.47. The first kappa shape index (κ1) is 15.9. The van der Waals surface area contributed by atoms with Gasteiger partial charge in [0.25, 0.3) is 0 Å². The molecule has 0 aliphatic heterocycles. The van der Waals surface area contributed by atoms with Gasteiger partial charge in [0, 0.05) is 12.2 Å². The Balaban J connectivity index is 2.18. The van der Waals surface area contributed by atoms with Crippen LogP contribution in [0.25, 0.3) is 0 Å². The zero-order valence-corrected chi connectivity index (χ0v) is 13.9. The number of nitrogens with one attached hydrogen (secondary N) is 1. The molecule has 21 heavy (non-hydrogen) atoms. The molecule has 1 aromatic carbocycles. The second kappa shape index (κ2) is 7.51. The van der Waals surface area contributed by atoms with E-state index in [1.807, 2.05) is 4.68 Å². The van der Waals surface area contributed by atoms with Crippen LogP contribution in [0.3, 0.4) is 0 Å². The summed E-state index contributed by atoms with van der Waals surface area (Å²) < 4.78 is 2.00. The van der Waals surface area contributed by atoms with Crippen molar-refractivity contribution in [2.45, 2.75) is 53.1 Å². The minimum absolute atomic E-state index is 0.709. The Morgan fingerprint density at radius 2 is 1.95 bits per heavy atom. The predicted molar refractivity (Wildman–Crippen MR) is 90.1 cm³/mol. The lowest BCUT2D eigenvalue weighted by molar-refractivity contribution is 0.619. The number of rotatable bonds is 7. The van der Waals surface area contributed by atoms with E-state index in [1.54, 1.807) is 0 Å². The summed E-state index contributed by atoms with van der Waals surface area (Å²) in [5.41, 5.74) is 4.60. The second-order valence-electron chi connectivity index (χ2n) is 5.14. The van der Waals surface area contributed by atoms with E-state index >= 15 is 0 Å². The highest BCUT2D eigenvalue weighted by atomic mass is 35.5. The molecule has 1 heterocycles. The van der Waals surface area contributed by atoms with Crippen molar-refractivity contribution in [1.29, 1.82) is 0 Å². The van der Waals surface area contributed by atoms with Crippen molar-refractivity contribution in [1.82, 2.24) is 9.78 Å². The zero-order valence-electron chi connectivity index (χ0n) is 13.1. The largest absolute Gasteiger partial charge is 0.379 e. The first-order valence-corrected chi connectivity index (χ1v) is 8.14. The average molecular weight is 306 g/mol. The summed E-state index contributed by atoms with van der Waals surface area (Å²) in [5.74, 6) is 0. The second-order valence-corrected chi connectivity index (χ2v) is 5.52. The summed E-state index contributed by atoms with van der Waals surface area (Å²) >= 11 is 6.45. The molecule has 0 saturated carbocycles. The van der Waals surface area contributed by atoms with Crippen LogP contribution in [-0.4, -0.2) is 9.78 Å². The fourth-order valence-electron chi connectivity index (χ4n) is 2.55. The molecule has 0 fully saturated rings. The third kappa shape index (κ3) is 3.59. The maximum Gasteiger partial charge on any atom is 0.0868 e. The molecule has 1 aromatic heterocycles. The van der Waals surface area contributed by atoms with Crippen molar-refractivity contribution in [2.24, 2.45) is 0 Å². The quantitative estimate of drug-likeness (QED) is 0.804. The molecule has 1 N–H and O–H groups in total. The topological polar surface area (TPSA) is 29.9 Å². The van der Waals surface area contributed by atoms with E-state index in [9.17, 15) is 0 Å². The summed E-state index contributed by atoms with van der Waals surface area (Å²) in [6.45, 7) is 7.93. The van der Waals surface area contributed by atoms with Crippen LogP contribution in [0.15, 0.2) is 24.3 Å². The Bertz CT molecular complexity index is 590. The lowest BCUT2D eigenvalue weighted by Crippen LogP contribution is -2.09. The third-order valence-corrected chi connectivity index (χ3v) is 4.11. The van der Waals surface area contributed by atoms with Crippen molar-refractivity contribution < 1.29 is 0 Å². The highest BCUT2D eigenvalue weighted by Gasteiger charge is 2.14. The third-order valence-electron chi connectivity index (χ3n) is 3.68. The van der Waals surface area contributed by atoms with Gasteiger partial charge in [0.1, 0.15) is 0 Å².